The maximum absolute atomic E-state index is 12.3. The van der Waals surface area contributed by atoms with E-state index in [2.05, 4.69) is 6.07 Å². The minimum absolute atomic E-state index is 0.0506. The highest BCUT2D eigenvalue weighted by Gasteiger charge is 2.35. The summed E-state index contributed by atoms with van der Waals surface area (Å²) in [5.74, 6) is -0.471. The Kier molecular flexibility index (Phi) is 3.78. The van der Waals surface area contributed by atoms with Crippen LogP contribution in [0.5, 0.6) is 0 Å². The van der Waals surface area contributed by atoms with Crippen LogP contribution in [0.2, 0.25) is 0 Å². The Morgan fingerprint density at radius 3 is 2.95 bits per heavy atom. The van der Waals surface area contributed by atoms with Gasteiger partial charge in [0, 0.05) is 17.6 Å². The summed E-state index contributed by atoms with van der Waals surface area (Å²) in [5, 5.41) is 1.06. The lowest BCUT2D eigenvalue weighted by atomic mass is 10.0. The van der Waals surface area contributed by atoms with Crippen LogP contribution in [0.15, 0.2) is 30.3 Å². The molecule has 1 unspecified atom stereocenters. The Morgan fingerprint density at radius 1 is 1.33 bits per heavy atom. The molecule has 1 atom stereocenters. The first-order valence-corrected chi connectivity index (χ1v) is 7.50. The predicted molar refractivity (Wildman–Crippen MR) is 80.2 cm³/mol. The number of ether oxygens (including phenoxy) is 1. The molecule has 0 radical (unpaired) electrons. The van der Waals surface area contributed by atoms with E-state index in [1.165, 1.54) is 0 Å². The van der Waals surface area contributed by atoms with Crippen molar-refractivity contribution in [2.75, 3.05) is 6.61 Å². The summed E-state index contributed by atoms with van der Waals surface area (Å²) in [4.78, 5) is 24.6. The SMILES string of the molecule is CCCCOC(=O)C1C(=O)CCc2cc3ccccc3n21. The van der Waals surface area contributed by atoms with Gasteiger partial charge in [-0.2, -0.15) is 0 Å². The Morgan fingerprint density at radius 2 is 2.14 bits per heavy atom. The van der Waals surface area contributed by atoms with Crippen LogP contribution in [0, 0.1) is 0 Å². The summed E-state index contributed by atoms with van der Waals surface area (Å²) in [6.07, 6.45) is 2.88. The molecule has 0 aliphatic carbocycles. The largest absolute Gasteiger partial charge is 0.464 e. The van der Waals surface area contributed by atoms with Crippen molar-refractivity contribution in [1.82, 2.24) is 4.57 Å². The molecule has 1 aliphatic heterocycles. The van der Waals surface area contributed by atoms with Gasteiger partial charge in [-0.15, -0.1) is 0 Å². The maximum Gasteiger partial charge on any atom is 0.336 e. The molecule has 110 valence electrons. The third-order valence-electron chi connectivity index (χ3n) is 3.98. The average molecular weight is 285 g/mol. The lowest BCUT2D eigenvalue weighted by Crippen LogP contribution is -2.34. The smallest absolute Gasteiger partial charge is 0.336 e. The van der Waals surface area contributed by atoms with Crippen molar-refractivity contribution in [1.29, 1.82) is 0 Å². The van der Waals surface area contributed by atoms with Gasteiger partial charge in [0.25, 0.3) is 0 Å². The monoisotopic (exact) mass is 285 g/mol. The van der Waals surface area contributed by atoms with Crippen LogP contribution in [-0.2, 0) is 20.7 Å². The van der Waals surface area contributed by atoms with Crippen LogP contribution in [0.4, 0.5) is 0 Å². The second-order valence-corrected chi connectivity index (χ2v) is 5.45. The lowest BCUT2D eigenvalue weighted by molar-refractivity contribution is -0.151. The van der Waals surface area contributed by atoms with Crippen LogP contribution < -0.4 is 0 Å². The number of benzene rings is 1. The van der Waals surface area contributed by atoms with E-state index in [1.54, 1.807) is 0 Å². The molecule has 1 aromatic heterocycles. The summed E-state index contributed by atoms with van der Waals surface area (Å²) >= 11 is 0. The summed E-state index contributed by atoms with van der Waals surface area (Å²) in [5.41, 5.74) is 1.96. The van der Waals surface area contributed by atoms with E-state index < -0.39 is 12.0 Å². The highest BCUT2D eigenvalue weighted by molar-refractivity contribution is 6.04. The van der Waals surface area contributed by atoms with E-state index in [-0.39, 0.29) is 5.78 Å². The molecule has 4 heteroatoms. The van der Waals surface area contributed by atoms with Crippen LogP contribution in [0.1, 0.15) is 37.9 Å². The van der Waals surface area contributed by atoms with Crippen molar-refractivity contribution >= 4 is 22.7 Å². The van der Waals surface area contributed by atoms with Gasteiger partial charge in [-0.05, 0) is 30.4 Å². The van der Waals surface area contributed by atoms with Gasteiger partial charge in [-0.1, -0.05) is 31.5 Å². The summed E-state index contributed by atoms with van der Waals surface area (Å²) in [6.45, 7) is 2.42. The number of nitrogens with zero attached hydrogens (tertiary/aromatic N) is 1. The average Bonchev–Trinajstić information content (AvgIpc) is 2.86. The van der Waals surface area contributed by atoms with Crippen molar-refractivity contribution in [3.8, 4) is 0 Å². The zero-order valence-corrected chi connectivity index (χ0v) is 12.2. The van der Waals surface area contributed by atoms with Gasteiger partial charge in [0.1, 0.15) is 0 Å². The number of para-hydroxylation sites is 1. The molecule has 0 fully saturated rings. The van der Waals surface area contributed by atoms with Crippen LogP contribution in [-0.4, -0.2) is 22.9 Å². The molecule has 4 nitrogen and oxygen atoms in total. The molecule has 0 N–H and O–H groups in total. The molecular weight excluding hydrogens is 266 g/mol. The normalized spacial score (nSPS) is 17.8. The zero-order valence-electron chi connectivity index (χ0n) is 12.2. The molecule has 0 spiro atoms. The fourth-order valence-corrected chi connectivity index (χ4v) is 2.90. The van der Waals surface area contributed by atoms with Crippen molar-refractivity contribution in [2.45, 2.75) is 38.6 Å². The molecule has 1 aromatic carbocycles. The van der Waals surface area contributed by atoms with Crippen LogP contribution >= 0.6 is 0 Å². The number of carbonyl (C=O) groups is 2. The molecule has 0 amide bonds. The predicted octanol–water partition coefficient (Wildman–Crippen LogP) is 3.04. The number of esters is 1. The quantitative estimate of drug-likeness (QED) is 0.493. The first-order valence-electron chi connectivity index (χ1n) is 7.50. The number of hydrogen-bond acceptors (Lipinski definition) is 3. The molecule has 2 heterocycles. The number of aromatic nitrogens is 1. The maximum atomic E-state index is 12.3. The number of rotatable bonds is 4. The van der Waals surface area contributed by atoms with Gasteiger partial charge in [0.05, 0.1) is 6.61 Å². The third-order valence-corrected chi connectivity index (χ3v) is 3.98. The molecule has 2 aromatic rings. The highest BCUT2D eigenvalue weighted by Crippen LogP contribution is 2.30. The van der Waals surface area contributed by atoms with E-state index in [0.717, 1.165) is 29.4 Å². The van der Waals surface area contributed by atoms with E-state index in [1.807, 2.05) is 35.8 Å². The minimum Gasteiger partial charge on any atom is -0.464 e. The molecule has 3 rings (SSSR count). The molecule has 0 saturated carbocycles. The van der Waals surface area contributed by atoms with Gasteiger partial charge in [0.2, 0.25) is 0 Å². The fourth-order valence-electron chi connectivity index (χ4n) is 2.90. The van der Waals surface area contributed by atoms with Gasteiger partial charge in [-0.25, -0.2) is 4.79 Å². The minimum atomic E-state index is -0.814. The summed E-state index contributed by atoms with van der Waals surface area (Å²) in [7, 11) is 0. The number of fused-ring (bicyclic) bond motifs is 3. The summed E-state index contributed by atoms with van der Waals surface area (Å²) in [6, 6.07) is 9.09. The number of carbonyl (C=O) groups excluding carboxylic acids is 2. The van der Waals surface area contributed by atoms with E-state index in [9.17, 15) is 9.59 Å². The van der Waals surface area contributed by atoms with Crippen LogP contribution in [0.3, 0.4) is 0 Å². The molecular formula is C17H19NO3. The summed E-state index contributed by atoms with van der Waals surface area (Å²) < 4.78 is 7.14. The van der Waals surface area contributed by atoms with Crippen molar-refractivity contribution in [3.63, 3.8) is 0 Å². The van der Waals surface area contributed by atoms with Crippen LogP contribution in [0.25, 0.3) is 10.9 Å². The molecule has 0 bridgehead atoms. The standard InChI is InChI=1S/C17H19NO3/c1-2-3-10-21-17(20)16-15(19)9-8-13-11-12-6-4-5-7-14(12)18(13)16/h4-7,11,16H,2-3,8-10H2,1H3. The Labute approximate surface area is 123 Å². The number of hydrogen-bond donors (Lipinski definition) is 0. The first kappa shape index (κ1) is 13.9. The highest BCUT2D eigenvalue weighted by atomic mass is 16.5. The zero-order chi connectivity index (χ0) is 14.8. The topological polar surface area (TPSA) is 48.3 Å². The lowest BCUT2D eigenvalue weighted by Gasteiger charge is -2.24. The van der Waals surface area contributed by atoms with Crippen molar-refractivity contribution < 1.29 is 14.3 Å². The number of ketones is 1. The van der Waals surface area contributed by atoms with Crippen molar-refractivity contribution in [2.24, 2.45) is 0 Å². The number of aryl methyl sites for hydroxylation is 1. The van der Waals surface area contributed by atoms with E-state index in [0.29, 0.717) is 19.4 Å². The second kappa shape index (κ2) is 5.72. The fraction of sp³-hybridized carbons (Fsp3) is 0.412. The Bertz CT molecular complexity index is 686. The Hall–Kier alpha value is -2.10. The molecule has 21 heavy (non-hydrogen) atoms. The van der Waals surface area contributed by atoms with E-state index in [4.69, 9.17) is 4.74 Å². The van der Waals surface area contributed by atoms with Gasteiger partial charge < -0.3 is 9.30 Å². The second-order valence-electron chi connectivity index (χ2n) is 5.45. The van der Waals surface area contributed by atoms with E-state index >= 15 is 0 Å². The third kappa shape index (κ3) is 2.46. The number of Topliss-reactive ketones (excluding diaryl/α,β-unsaturated/α-hetero) is 1. The van der Waals surface area contributed by atoms with Gasteiger partial charge in [-0.3, -0.25) is 4.79 Å². The molecule has 0 saturated heterocycles. The number of unbranched alkanes of at least 4 members (excludes halogenated alkanes) is 1. The first-order chi connectivity index (χ1) is 10.2. The van der Waals surface area contributed by atoms with Crippen molar-refractivity contribution in [3.05, 3.63) is 36.0 Å². The molecule has 1 aliphatic rings. The van der Waals surface area contributed by atoms with Gasteiger partial charge >= 0.3 is 5.97 Å². The van der Waals surface area contributed by atoms with Gasteiger partial charge in [0.15, 0.2) is 11.8 Å². The Balaban J connectivity index is 1.98.